The van der Waals surface area contributed by atoms with Crippen LogP contribution >= 0.6 is 0 Å². The first-order valence-electron chi connectivity index (χ1n) is 5.92. The average Bonchev–Trinajstić information content (AvgIpc) is 2.78. The summed E-state index contributed by atoms with van der Waals surface area (Å²) >= 11 is 0. The van der Waals surface area contributed by atoms with Crippen molar-refractivity contribution in [3.05, 3.63) is 0 Å². The summed E-state index contributed by atoms with van der Waals surface area (Å²) < 4.78 is 11.2. The molecule has 3 fully saturated rings. The summed E-state index contributed by atoms with van der Waals surface area (Å²) in [5, 5.41) is 0. The third kappa shape index (κ3) is 1.03. The summed E-state index contributed by atoms with van der Waals surface area (Å²) in [6, 6.07) is 0. The molecule has 0 bridgehead atoms. The van der Waals surface area contributed by atoms with E-state index in [0.29, 0.717) is 19.3 Å². The van der Waals surface area contributed by atoms with E-state index in [1.165, 1.54) is 0 Å². The smallest absolute Gasteiger partial charge is 0.306 e. The third-order valence-electron chi connectivity index (χ3n) is 4.55. The second-order valence-corrected chi connectivity index (χ2v) is 5.37. The van der Waals surface area contributed by atoms with Gasteiger partial charge in [-0.05, 0) is 19.3 Å². The Morgan fingerprint density at radius 1 is 1.31 bits per heavy atom. The van der Waals surface area contributed by atoms with E-state index in [1.54, 1.807) is 0 Å². The SMILES string of the molecule is C[C@@H]1CCC(=O)[C@@H]2O[C@]2(C)[C@]12CCC(=O)O2. The number of epoxide rings is 1. The molecule has 0 aromatic carbocycles. The van der Waals surface area contributed by atoms with Crippen LogP contribution in [-0.4, -0.2) is 29.1 Å². The highest BCUT2D eigenvalue weighted by Crippen LogP contribution is 2.58. The molecule has 0 amide bonds. The van der Waals surface area contributed by atoms with Crippen molar-refractivity contribution in [2.45, 2.75) is 56.8 Å². The minimum atomic E-state index is -0.563. The van der Waals surface area contributed by atoms with Crippen molar-refractivity contribution in [3.8, 4) is 0 Å². The summed E-state index contributed by atoms with van der Waals surface area (Å²) in [6.07, 6.45) is 2.13. The zero-order valence-corrected chi connectivity index (χ0v) is 9.62. The van der Waals surface area contributed by atoms with Crippen molar-refractivity contribution >= 4 is 11.8 Å². The molecular formula is C12H16O4. The van der Waals surface area contributed by atoms with Crippen LogP contribution in [0.1, 0.15) is 39.5 Å². The standard InChI is InChI=1S/C12H16O4/c1-7-3-4-8(13)10-11(2,16-10)12(7)6-5-9(14)15-12/h7,10H,3-6H2,1-2H3/t7-,10+,11+,12+/m1/s1. The van der Waals surface area contributed by atoms with E-state index in [1.807, 2.05) is 6.92 Å². The molecule has 0 radical (unpaired) electrons. The predicted molar refractivity (Wildman–Crippen MR) is 54.7 cm³/mol. The summed E-state index contributed by atoms with van der Waals surface area (Å²) in [4.78, 5) is 23.2. The van der Waals surface area contributed by atoms with Gasteiger partial charge in [0, 0.05) is 19.3 Å². The Balaban J connectivity index is 2.02. The van der Waals surface area contributed by atoms with Gasteiger partial charge in [0.2, 0.25) is 0 Å². The van der Waals surface area contributed by atoms with E-state index in [2.05, 4.69) is 6.92 Å². The number of Topliss-reactive ketones (excluding diaryl/α,β-unsaturated/α-hetero) is 1. The first kappa shape index (κ1) is 10.3. The van der Waals surface area contributed by atoms with Gasteiger partial charge in [0.1, 0.15) is 17.3 Å². The normalized spacial score (nSPS) is 51.1. The molecule has 4 nitrogen and oxygen atoms in total. The van der Waals surface area contributed by atoms with Gasteiger partial charge >= 0.3 is 5.97 Å². The molecule has 2 aliphatic heterocycles. The average molecular weight is 224 g/mol. The highest BCUT2D eigenvalue weighted by atomic mass is 16.7. The Hall–Kier alpha value is -0.900. The first-order valence-corrected chi connectivity index (χ1v) is 5.92. The van der Waals surface area contributed by atoms with E-state index in [0.717, 1.165) is 6.42 Å². The van der Waals surface area contributed by atoms with Crippen LogP contribution in [0.25, 0.3) is 0 Å². The Morgan fingerprint density at radius 2 is 2.06 bits per heavy atom. The predicted octanol–water partition coefficient (Wildman–Crippen LogP) is 1.22. The van der Waals surface area contributed by atoms with Gasteiger partial charge in [-0.15, -0.1) is 0 Å². The highest BCUT2D eigenvalue weighted by molar-refractivity contribution is 5.88. The number of hydrogen-bond acceptors (Lipinski definition) is 4. The number of carbonyl (C=O) groups is 2. The molecule has 4 heteroatoms. The fourth-order valence-corrected chi connectivity index (χ4v) is 3.41. The van der Waals surface area contributed by atoms with Crippen molar-refractivity contribution in [2.24, 2.45) is 5.92 Å². The molecule has 88 valence electrons. The molecule has 1 saturated carbocycles. The van der Waals surface area contributed by atoms with Crippen LogP contribution < -0.4 is 0 Å². The van der Waals surface area contributed by atoms with Crippen molar-refractivity contribution in [2.75, 3.05) is 0 Å². The maximum Gasteiger partial charge on any atom is 0.306 e. The Labute approximate surface area is 94.3 Å². The van der Waals surface area contributed by atoms with Gasteiger partial charge in [-0.25, -0.2) is 0 Å². The number of rotatable bonds is 0. The number of esters is 1. The van der Waals surface area contributed by atoms with Crippen molar-refractivity contribution in [1.82, 2.24) is 0 Å². The zero-order chi connectivity index (χ0) is 11.6. The third-order valence-corrected chi connectivity index (χ3v) is 4.55. The molecule has 2 saturated heterocycles. The van der Waals surface area contributed by atoms with Crippen LogP contribution in [-0.2, 0) is 19.1 Å². The minimum absolute atomic E-state index is 0.156. The summed E-state index contributed by atoms with van der Waals surface area (Å²) in [7, 11) is 0. The topological polar surface area (TPSA) is 55.9 Å². The largest absolute Gasteiger partial charge is 0.456 e. The Kier molecular flexibility index (Phi) is 1.83. The zero-order valence-electron chi connectivity index (χ0n) is 9.62. The van der Waals surface area contributed by atoms with Crippen LogP contribution in [0.15, 0.2) is 0 Å². The molecule has 0 unspecified atom stereocenters. The molecule has 3 rings (SSSR count). The number of hydrogen-bond donors (Lipinski definition) is 0. The van der Waals surface area contributed by atoms with Crippen LogP contribution in [0, 0.1) is 5.92 Å². The quantitative estimate of drug-likeness (QED) is 0.458. The molecular weight excluding hydrogens is 208 g/mol. The molecule has 2 heterocycles. The Bertz CT molecular complexity index is 377. The van der Waals surface area contributed by atoms with Gasteiger partial charge in [-0.3, -0.25) is 9.59 Å². The van der Waals surface area contributed by atoms with E-state index >= 15 is 0 Å². The molecule has 4 atom stereocenters. The highest BCUT2D eigenvalue weighted by Gasteiger charge is 2.74. The summed E-state index contributed by atoms with van der Waals surface area (Å²) in [5.74, 6) is 0.200. The molecule has 16 heavy (non-hydrogen) atoms. The lowest BCUT2D eigenvalue weighted by Gasteiger charge is -2.36. The second-order valence-electron chi connectivity index (χ2n) is 5.37. The van der Waals surface area contributed by atoms with E-state index in [4.69, 9.17) is 9.47 Å². The maximum atomic E-state index is 11.8. The summed E-state index contributed by atoms with van der Waals surface area (Å²) in [5.41, 5.74) is -1.12. The van der Waals surface area contributed by atoms with Crippen LogP contribution in [0.4, 0.5) is 0 Å². The second kappa shape index (κ2) is 2.86. The van der Waals surface area contributed by atoms with Gasteiger partial charge < -0.3 is 9.47 Å². The number of carbonyl (C=O) groups excluding carboxylic acids is 2. The minimum Gasteiger partial charge on any atom is -0.456 e. The number of ether oxygens (including phenoxy) is 2. The van der Waals surface area contributed by atoms with Crippen LogP contribution in [0.5, 0.6) is 0 Å². The number of ketones is 1. The van der Waals surface area contributed by atoms with E-state index < -0.39 is 11.2 Å². The van der Waals surface area contributed by atoms with Gasteiger partial charge in [0.05, 0.1) is 0 Å². The lowest BCUT2D eigenvalue weighted by molar-refractivity contribution is -0.160. The number of fused-ring (bicyclic) bond motifs is 2. The van der Waals surface area contributed by atoms with Crippen LogP contribution in [0.3, 0.4) is 0 Å². The lowest BCUT2D eigenvalue weighted by atomic mass is 9.75. The molecule has 1 spiro atoms. The lowest BCUT2D eigenvalue weighted by Crippen LogP contribution is -2.49. The van der Waals surface area contributed by atoms with Crippen molar-refractivity contribution < 1.29 is 19.1 Å². The van der Waals surface area contributed by atoms with Gasteiger partial charge in [0.15, 0.2) is 5.78 Å². The maximum absolute atomic E-state index is 11.8. The molecule has 0 N–H and O–H groups in total. The van der Waals surface area contributed by atoms with E-state index in [-0.39, 0.29) is 23.8 Å². The van der Waals surface area contributed by atoms with Gasteiger partial charge in [-0.1, -0.05) is 6.92 Å². The monoisotopic (exact) mass is 224 g/mol. The molecule has 0 aromatic heterocycles. The van der Waals surface area contributed by atoms with Crippen molar-refractivity contribution in [3.63, 3.8) is 0 Å². The molecule has 1 aliphatic carbocycles. The van der Waals surface area contributed by atoms with Crippen molar-refractivity contribution in [1.29, 1.82) is 0 Å². The fourth-order valence-electron chi connectivity index (χ4n) is 3.41. The van der Waals surface area contributed by atoms with Crippen LogP contribution in [0.2, 0.25) is 0 Å². The first-order chi connectivity index (χ1) is 7.49. The molecule has 0 aromatic rings. The Morgan fingerprint density at radius 3 is 2.69 bits per heavy atom. The van der Waals surface area contributed by atoms with Gasteiger partial charge in [0.25, 0.3) is 0 Å². The van der Waals surface area contributed by atoms with Gasteiger partial charge in [-0.2, -0.15) is 0 Å². The summed E-state index contributed by atoms with van der Waals surface area (Å²) in [6.45, 7) is 3.97. The van der Waals surface area contributed by atoms with E-state index in [9.17, 15) is 9.59 Å². The fraction of sp³-hybridized carbons (Fsp3) is 0.833. The molecule has 3 aliphatic rings.